The smallest absolute Gasteiger partial charge is 0.345 e. The Kier molecular flexibility index (Phi) is 4.89. The van der Waals surface area contributed by atoms with Crippen LogP contribution in [-0.2, 0) is 21.0 Å². The molecule has 0 bridgehead atoms. The van der Waals surface area contributed by atoms with E-state index in [4.69, 9.17) is 28.3 Å². The largest absolute Gasteiger partial charge is 0.479 e. The van der Waals surface area contributed by atoms with Gasteiger partial charge < -0.3 is 5.11 Å². The van der Waals surface area contributed by atoms with Crippen LogP contribution in [0.2, 0.25) is 0 Å². The molecule has 1 aromatic carbocycles. The van der Waals surface area contributed by atoms with Crippen LogP contribution in [0.5, 0.6) is 0 Å². The third kappa shape index (κ3) is 2.47. The maximum Gasteiger partial charge on any atom is 0.345 e. The molecule has 1 aliphatic carbocycles. The lowest BCUT2D eigenvalue weighted by atomic mass is 9.80. The van der Waals surface area contributed by atoms with E-state index >= 15 is 0 Å². The Morgan fingerprint density at radius 2 is 1.11 bits per heavy atom. The molecule has 0 saturated carbocycles. The Hall–Kier alpha value is -0.780. The molecule has 27 heavy (non-hydrogen) atoms. The van der Waals surface area contributed by atoms with Crippen LogP contribution in [0.4, 0.5) is 39.5 Å². The average molecular weight is 490 g/mol. The summed E-state index contributed by atoms with van der Waals surface area (Å²) in [6.45, 7) is 0. The molecule has 0 spiro atoms. The molecule has 0 fully saturated rings. The quantitative estimate of drug-likeness (QED) is 0.322. The number of hydrogen-bond acceptors (Lipinski definition) is 1. The molecule has 1 N–H and O–H groups in total. The number of hydrogen-bond donors (Lipinski definition) is 1. The molecule has 1 aromatic rings. The molecule has 2 unspecified atom stereocenters. The maximum atomic E-state index is 14.4. The number of halogens is 13. The highest BCUT2D eigenvalue weighted by Gasteiger charge is 2.83. The minimum atomic E-state index is -5.86. The fraction of sp³-hybridized carbons (Fsp3) is 0.417. The lowest BCUT2D eigenvalue weighted by molar-refractivity contribution is -0.234. The lowest BCUT2D eigenvalue weighted by Crippen LogP contribution is -2.63. The Bertz CT molecular complexity index is 854. The zero-order valence-electron chi connectivity index (χ0n) is 11.8. The van der Waals surface area contributed by atoms with Gasteiger partial charge in [-0.2, -0.15) is 17.6 Å². The Labute approximate surface area is 162 Å². The van der Waals surface area contributed by atoms with Crippen LogP contribution in [0.1, 0.15) is 16.7 Å². The summed E-state index contributed by atoms with van der Waals surface area (Å²) >= 11 is 19.1. The zero-order chi connectivity index (χ0) is 21.5. The van der Waals surface area contributed by atoms with Crippen LogP contribution in [-0.4, -0.2) is 21.3 Å². The summed E-state index contributed by atoms with van der Waals surface area (Å²) in [5.41, 5.74) is -8.41. The number of aliphatic carboxylic acids is 1. The summed E-state index contributed by atoms with van der Waals surface area (Å²) in [5, 5.41) is -2.45. The van der Waals surface area contributed by atoms with Crippen molar-refractivity contribution in [2.45, 2.75) is 26.4 Å². The summed E-state index contributed by atoms with van der Waals surface area (Å²) in [5.74, 6) is -23.2. The first-order chi connectivity index (χ1) is 11.8. The predicted molar refractivity (Wildman–Crippen MR) is 74.5 cm³/mol. The van der Waals surface area contributed by atoms with E-state index in [1.54, 1.807) is 0 Å². The van der Waals surface area contributed by atoms with Gasteiger partial charge in [-0.3, -0.25) is 0 Å². The number of rotatable bonds is 2. The van der Waals surface area contributed by atoms with Crippen LogP contribution in [0.3, 0.4) is 0 Å². The SMILES string of the molecule is O=C(O)C(Cl)(Cl)c1c(F)c(F)c2c(c1F)C(F)(F)C(F)(Cl)C(F)(Cl)C2(F)F. The monoisotopic (exact) mass is 488 g/mol. The highest BCUT2D eigenvalue weighted by atomic mass is 35.5. The topological polar surface area (TPSA) is 37.3 Å². The number of fused-ring (bicyclic) bond motifs is 1. The van der Waals surface area contributed by atoms with Crippen molar-refractivity contribution in [1.29, 1.82) is 0 Å². The van der Waals surface area contributed by atoms with Crippen molar-refractivity contribution >= 4 is 52.4 Å². The summed E-state index contributed by atoms with van der Waals surface area (Å²) in [7, 11) is 0. The fourth-order valence-corrected chi connectivity index (χ4v) is 3.10. The van der Waals surface area contributed by atoms with Crippen molar-refractivity contribution in [2.24, 2.45) is 0 Å². The van der Waals surface area contributed by atoms with Crippen molar-refractivity contribution in [3.05, 3.63) is 34.1 Å². The average Bonchev–Trinajstić information content (AvgIpc) is 2.48. The molecule has 15 heteroatoms. The van der Waals surface area contributed by atoms with Gasteiger partial charge in [0.25, 0.3) is 0 Å². The Morgan fingerprint density at radius 1 is 0.778 bits per heavy atom. The van der Waals surface area contributed by atoms with Crippen molar-refractivity contribution in [3.63, 3.8) is 0 Å². The van der Waals surface area contributed by atoms with Gasteiger partial charge in [-0.05, 0) is 0 Å². The maximum absolute atomic E-state index is 14.4. The van der Waals surface area contributed by atoms with Gasteiger partial charge in [0, 0.05) is 0 Å². The molecule has 0 radical (unpaired) electrons. The van der Waals surface area contributed by atoms with E-state index in [0.717, 1.165) is 0 Å². The first-order valence-electron chi connectivity index (χ1n) is 6.13. The van der Waals surface area contributed by atoms with Crippen LogP contribution >= 0.6 is 46.4 Å². The van der Waals surface area contributed by atoms with E-state index in [0.29, 0.717) is 0 Å². The Morgan fingerprint density at radius 3 is 1.44 bits per heavy atom. The second-order valence-corrected chi connectivity index (χ2v) is 7.61. The van der Waals surface area contributed by atoms with Crippen molar-refractivity contribution in [3.8, 4) is 0 Å². The predicted octanol–water partition coefficient (Wildman–Crippen LogP) is 5.83. The molecule has 2 atom stereocenters. The van der Waals surface area contributed by atoms with Crippen molar-refractivity contribution < 1.29 is 49.4 Å². The lowest BCUT2D eigenvalue weighted by Gasteiger charge is -2.45. The molecule has 2 nitrogen and oxygen atoms in total. The van der Waals surface area contributed by atoms with Gasteiger partial charge in [0.05, 0.1) is 16.7 Å². The molecule has 0 saturated heterocycles. The summed E-state index contributed by atoms with van der Waals surface area (Å²) < 4.78 is 123. The molecule has 1 aliphatic rings. The zero-order valence-corrected chi connectivity index (χ0v) is 14.8. The highest BCUT2D eigenvalue weighted by Crippen LogP contribution is 2.68. The first-order valence-corrected chi connectivity index (χ1v) is 7.65. The molecule has 0 aromatic heterocycles. The summed E-state index contributed by atoms with van der Waals surface area (Å²) in [6, 6.07) is 0. The number of carboxylic acids is 1. The van der Waals surface area contributed by atoms with E-state index in [1.165, 1.54) is 0 Å². The third-order valence-electron chi connectivity index (χ3n) is 3.71. The second kappa shape index (κ2) is 5.87. The molecule has 152 valence electrons. The van der Waals surface area contributed by atoms with Crippen LogP contribution in [0.25, 0.3) is 0 Å². The van der Waals surface area contributed by atoms with E-state index in [1.807, 2.05) is 0 Å². The van der Waals surface area contributed by atoms with E-state index < -0.39 is 66.5 Å². The molecule has 0 aliphatic heterocycles. The minimum absolute atomic E-state index is 2.39. The second-order valence-electron chi connectivity index (χ2n) is 5.24. The van der Waals surface area contributed by atoms with Crippen LogP contribution in [0.15, 0.2) is 0 Å². The molecular formula is C12HCl4F9O2. The van der Waals surface area contributed by atoms with Crippen molar-refractivity contribution in [2.75, 3.05) is 0 Å². The van der Waals surface area contributed by atoms with Crippen LogP contribution < -0.4 is 0 Å². The molecular weight excluding hydrogens is 489 g/mol. The van der Waals surface area contributed by atoms with Gasteiger partial charge in [-0.1, -0.05) is 46.4 Å². The van der Waals surface area contributed by atoms with Gasteiger partial charge in [0.1, 0.15) is 5.82 Å². The number of carboxylic acid groups (broad SMARTS) is 1. The van der Waals surface area contributed by atoms with Gasteiger partial charge in [-0.25, -0.2) is 26.7 Å². The fourth-order valence-electron chi connectivity index (χ4n) is 2.34. The summed E-state index contributed by atoms with van der Waals surface area (Å²) in [4.78, 5) is 10.9. The minimum Gasteiger partial charge on any atom is -0.479 e. The number of carbonyl (C=O) groups is 1. The number of alkyl halides is 10. The van der Waals surface area contributed by atoms with Gasteiger partial charge in [0.15, 0.2) is 11.6 Å². The Balaban J connectivity index is 3.16. The van der Waals surface area contributed by atoms with Gasteiger partial charge in [-0.15, -0.1) is 0 Å². The highest BCUT2D eigenvalue weighted by molar-refractivity contribution is 6.56. The van der Waals surface area contributed by atoms with E-state index in [9.17, 15) is 44.3 Å². The van der Waals surface area contributed by atoms with E-state index in [-0.39, 0.29) is 0 Å². The van der Waals surface area contributed by atoms with Crippen LogP contribution in [0, 0.1) is 17.5 Å². The van der Waals surface area contributed by atoms with Gasteiger partial charge >= 0.3 is 28.1 Å². The van der Waals surface area contributed by atoms with Crippen molar-refractivity contribution in [1.82, 2.24) is 0 Å². The van der Waals surface area contributed by atoms with Gasteiger partial charge in [0.2, 0.25) is 4.33 Å². The molecule has 0 amide bonds. The third-order valence-corrected chi connectivity index (χ3v) is 5.51. The first kappa shape index (κ1) is 22.5. The summed E-state index contributed by atoms with van der Waals surface area (Å²) in [6.07, 6.45) is 0. The molecule has 2 rings (SSSR count). The van der Waals surface area contributed by atoms with E-state index in [2.05, 4.69) is 23.2 Å². The standard InChI is InChI=1S/C12HCl4F9O2/c13-8(14,7(26)27)3-4(17)1-2(5(18)6(3)19)10(22,23)12(16,25)11(15,24)9(1,20)21/h(H,26,27). The number of benzene rings is 1. The molecule has 0 heterocycles. The normalized spacial score (nSPS) is 29.4.